The molecule has 0 amide bonds. The molecule has 0 saturated carbocycles. The van der Waals surface area contributed by atoms with Gasteiger partial charge in [0.05, 0.1) is 22.3 Å². The molecule has 0 aliphatic heterocycles. The van der Waals surface area contributed by atoms with Crippen LogP contribution in [0.3, 0.4) is 0 Å². The maximum absolute atomic E-state index is 9.94. The van der Waals surface area contributed by atoms with Crippen LogP contribution in [0, 0.1) is 25.0 Å². The van der Waals surface area contributed by atoms with Crippen LogP contribution >= 0.6 is 0 Å². The van der Waals surface area contributed by atoms with Gasteiger partial charge < -0.3 is 4.42 Å². The molecule has 7 rings (SSSR count). The van der Waals surface area contributed by atoms with Crippen LogP contribution in [0.5, 0.6) is 0 Å². The number of pyridine rings is 1. The lowest BCUT2D eigenvalue weighted by Gasteiger charge is -2.25. The van der Waals surface area contributed by atoms with Gasteiger partial charge in [-0.2, -0.15) is 5.26 Å². The van der Waals surface area contributed by atoms with Gasteiger partial charge in [-0.25, -0.2) is 9.97 Å². The van der Waals surface area contributed by atoms with Crippen molar-refractivity contribution in [1.82, 2.24) is 14.5 Å². The maximum Gasteiger partial charge on any atom is 0.228 e. The third kappa shape index (κ3) is 4.99. The van der Waals surface area contributed by atoms with E-state index in [1.807, 2.05) is 47.0 Å². The molecule has 0 unspecified atom stereocenters. The Morgan fingerprint density at radius 2 is 1.52 bits per heavy atom. The molecule has 0 radical (unpaired) electrons. The number of nitrogens with zero attached hydrogens (tertiary/aromatic N) is 4. The van der Waals surface area contributed by atoms with Gasteiger partial charge in [0.1, 0.15) is 23.2 Å². The zero-order valence-electron chi connectivity index (χ0n) is 34.4. The third-order valence-electron chi connectivity index (χ3n) is 9.19. The van der Waals surface area contributed by atoms with Crippen molar-refractivity contribution in [2.45, 2.75) is 79.4 Å². The van der Waals surface area contributed by atoms with E-state index in [1.54, 1.807) is 12.1 Å². The molecule has 5 heteroatoms. The number of furan rings is 1. The summed E-state index contributed by atoms with van der Waals surface area (Å²) in [5.41, 5.74) is 7.44. The van der Waals surface area contributed by atoms with Crippen molar-refractivity contribution in [3.05, 3.63) is 112 Å². The van der Waals surface area contributed by atoms with E-state index in [-0.39, 0.29) is 34.4 Å². The Morgan fingerprint density at radius 1 is 0.812 bits per heavy atom. The summed E-state index contributed by atoms with van der Waals surface area (Å²) in [7, 11) is 0. The number of para-hydroxylation sites is 1. The summed E-state index contributed by atoms with van der Waals surface area (Å²) in [6, 6.07) is 27.2. The fourth-order valence-electron chi connectivity index (χ4n) is 6.83. The zero-order valence-corrected chi connectivity index (χ0v) is 28.4. The molecule has 240 valence electrons. The summed E-state index contributed by atoms with van der Waals surface area (Å²) in [5.74, 6) is 0.541. The first-order chi connectivity index (χ1) is 25.3. The quantitative estimate of drug-likeness (QED) is 0.188. The molecular formula is C43H42N4O. The lowest BCUT2D eigenvalue weighted by atomic mass is 9.83. The van der Waals surface area contributed by atoms with Crippen LogP contribution in [-0.2, 0) is 5.41 Å². The summed E-state index contributed by atoms with van der Waals surface area (Å²) >= 11 is 0. The van der Waals surface area contributed by atoms with E-state index in [9.17, 15) is 5.26 Å². The summed E-state index contributed by atoms with van der Waals surface area (Å²) < 4.78 is 59.1. The standard InChI is InChI=1S/C43H42N4O/c1-24(2)31-21-29(28-15-11-10-12-16-28)22-32(25(3)4)39(31)47-38-26(5)14-13-17-35(38)45-41(47)30-18-19-34(43(7,8)9)37-33-20-27(6)36(23-44)46-42(33)48-40(30)37/h10-22,24-25H,1-9H3/i5D3,6D3. The Kier molecular flexibility index (Phi) is 5.96. The second kappa shape index (κ2) is 11.5. The van der Waals surface area contributed by atoms with Gasteiger partial charge >= 0.3 is 0 Å². The predicted octanol–water partition coefficient (Wildman–Crippen LogP) is 11.7. The van der Waals surface area contributed by atoms with Gasteiger partial charge in [0.25, 0.3) is 0 Å². The highest BCUT2D eigenvalue weighted by atomic mass is 16.3. The first-order valence-electron chi connectivity index (χ1n) is 19.4. The second-order valence-corrected chi connectivity index (χ2v) is 14.2. The van der Waals surface area contributed by atoms with E-state index in [1.165, 1.54) is 6.07 Å². The van der Waals surface area contributed by atoms with Crippen molar-refractivity contribution in [2.24, 2.45) is 0 Å². The average molecular weight is 637 g/mol. The Morgan fingerprint density at radius 3 is 2.15 bits per heavy atom. The van der Waals surface area contributed by atoms with Gasteiger partial charge in [-0.3, -0.25) is 4.57 Å². The smallest absolute Gasteiger partial charge is 0.228 e. The molecule has 5 nitrogen and oxygen atoms in total. The molecule has 3 aromatic heterocycles. The Balaban J connectivity index is 1.69. The van der Waals surface area contributed by atoms with Crippen LogP contribution in [-0.4, -0.2) is 14.5 Å². The highest BCUT2D eigenvalue weighted by molar-refractivity contribution is 6.11. The van der Waals surface area contributed by atoms with Gasteiger partial charge in [0, 0.05) is 19.0 Å². The van der Waals surface area contributed by atoms with Crippen LogP contribution in [0.4, 0.5) is 0 Å². The van der Waals surface area contributed by atoms with Crippen molar-refractivity contribution in [3.63, 3.8) is 0 Å². The van der Waals surface area contributed by atoms with E-state index in [4.69, 9.17) is 17.6 Å². The van der Waals surface area contributed by atoms with Crippen molar-refractivity contribution in [3.8, 4) is 34.3 Å². The van der Waals surface area contributed by atoms with Crippen molar-refractivity contribution < 1.29 is 12.6 Å². The minimum Gasteiger partial charge on any atom is -0.437 e. The van der Waals surface area contributed by atoms with Crippen LogP contribution in [0.25, 0.3) is 61.3 Å². The van der Waals surface area contributed by atoms with Crippen LogP contribution in [0.2, 0.25) is 0 Å². The highest BCUT2D eigenvalue weighted by Crippen LogP contribution is 2.45. The largest absolute Gasteiger partial charge is 0.437 e. The van der Waals surface area contributed by atoms with E-state index in [0.717, 1.165) is 33.5 Å². The number of hydrogen-bond acceptors (Lipinski definition) is 4. The summed E-state index contributed by atoms with van der Waals surface area (Å²) in [5, 5.41) is 11.1. The summed E-state index contributed by atoms with van der Waals surface area (Å²) in [6.07, 6.45) is 0. The lowest BCUT2D eigenvalue weighted by molar-refractivity contribution is 0.594. The number of fused-ring (bicyclic) bond motifs is 4. The van der Waals surface area contributed by atoms with Crippen molar-refractivity contribution in [2.75, 3.05) is 0 Å². The molecule has 3 heterocycles. The third-order valence-corrected chi connectivity index (χ3v) is 9.19. The van der Waals surface area contributed by atoms with Gasteiger partial charge in [0.2, 0.25) is 5.71 Å². The number of nitriles is 1. The van der Waals surface area contributed by atoms with Crippen LogP contribution in [0.15, 0.2) is 83.3 Å². The predicted molar refractivity (Wildman–Crippen MR) is 198 cm³/mol. The Bertz CT molecular complexity index is 2600. The Hall–Kier alpha value is -5.21. The van der Waals surface area contributed by atoms with Gasteiger partial charge in [-0.15, -0.1) is 0 Å². The molecule has 0 saturated heterocycles. The summed E-state index contributed by atoms with van der Waals surface area (Å²) in [4.78, 5) is 9.66. The molecular weight excluding hydrogens is 589 g/mol. The Labute approximate surface area is 291 Å². The zero-order chi connectivity index (χ0) is 39.1. The molecule has 0 spiro atoms. The minimum absolute atomic E-state index is 0.0350. The van der Waals surface area contributed by atoms with Gasteiger partial charge in [-0.05, 0) is 100 Å². The number of imidazole rings is 1. The number of rotatable bonds is 5. The molecule has 0 N–H and O–H groups in total. The first kappa shape index (κ1) is 24.9. The molecule has 4 aromatic carbocycles. The van der Waals surface area contributed by atoms with E-state index in [2.05, 4.69) is 77.7 Å². The normalized spacial score (nSPS) is 14.6. The topological polar surface area (TPSA) is 67.6 Å². The number of hydrogen-bond donors (Lipinski definition) is 0. The van der Waals surface area contributed by atoms with E-state index < -0.39 is 19.1 Å². The molecule has 0 bridgehead atoms. The maximum atomic E-state index is 9.94. The molecule has 0 aliphatic rings. The van der Waals surface area contributed by atoms with Crippen molar-refractivity contribution in [1.29, 1.82) is 5.26 Å². The minimum atomic E-state index is -2.58. The molecule has 48 heavy (non-hydrogen) atoms. The van der Waals surface area contributed by atoms with Crippen LogP contribution < -0.4 is 0 Å². The van der Waals surface area contributed by atoms with Crippen LogP contribution in [0.1, 0.15) is 102 Å². The molecule has 7 aromatic rings. The van der Waals surface area contributed by atoms with Crippen molar-refractivity contribution >= 4 is 33.1 Å². The number of aromatic nitrogens is 3. The van der Waals surface area contributed by atoms with E-state index in [0.29, 0.717) is 38.8 Å². The fraction of sp³-hybridized carbons (Fsp3) is 0.279. The SMILES string of the molecule is [2H]C([2H])([2H])c1cc2c(nc1C#N)oc1c(-c3nc4cccc(C([2H])([2H])[2H])c4n3-c3c(C(C)C)cc(-c4ccccc4)cc3C(C)C)ccc(C(C)(C)C)c12. The summed E-state index contributed by atoms with van der Waals surface area (Å²) in [6.45, 7) is 9.71. The molecule has 0 atom stereocenters. The monoisotopic (exact) mass is 636 g/mol. The lowest BCUT2D eigenvalue weighted by Crippen LogP contribution is -2.12. The second-order valence-electron chi connectivity index (χ2n) is 14.2. The van der Waals surface area contributed by atoms with Gasteiger partial charge in [-0.1, -0.05) is 97.0 Å². The number of benzene rings is 4. The highest BCUT2D eigenvalue weighted by Gasteiger charge is 2.29. The first-order valence-corrected chi connectivity index (χ1v) is 16.4. The number of aryl methyl sites for hydroxylation is 2. The van der Waals surface area contributed by atoms with Gasteiger partial charge in [0.15, 0.2) is 0 Å². The fourth-order valence-corrected chi connectivity index (χ4v) is 6.83. The van der Waals surface area contributed by atoms with E-state index >= 15 is 0 Å². The average Bonchev–Trinajstić information content (AvgIpc) is 3.67. The molecule has 0 aliphatic carbocycles. The molecule has 0 fully saturated rings.